The summed E-state index contributed by atoms with van der Waals surface area (Å²) < 4.78 is 11.2. The maximum Gasteiger partial charge on any atom is 0.119 e. The molecule has 1 heterocycles. The van der Waals surface area contributed by atoms with Crippen LogP contribution in [0.2, 0.25) is 0 Å². The van der Waals surface area contributed by atoms with Gasteiger partial charge in [0.1, 0.15) is 11.5 Å². The molecule has 0 saturated carbocycles. The molecule has 0 bridgehead atoms. The van der Waals surface area contributed by atoms with Crippen LogP contribution in [0.3, 0.4) is 0 Å². The van der Waals surface area contributed by atoms with Crippen molar-refractivity contribution in [1.29, 1.82) is 0 Å². The van der Waals surface area contributed by atoms with Gasteiger partial charge in [0, 0.05) is 0 Å². The summed E-state index contributed by atoms with van der Waals surface area (Å²) in [6, 6.07) is 7.88. The molecule has 1 aromatic rings. The Morgan fingerprint density at radius 1 is 1.06 bits per heavy atom. The van der Waals surface area contributed by atoms with Gasteiger partial charge in [-0.3, -0.25) is 0 Å². The molecule has 0 amide bonds. The Kier molecular flexibility index (Phi) is 4.68. The normalized spacial score (nSPS) is 16.8. The monoisotopic (exact) mass is 235 g/mol. The molecule has 0 unspecified atom stereocenters. The van der Waals surface area contributed by atoms with Crippen molar-refractivity contribution in [2.24, 2.45) is 5.92 Å². The summed E-state index contributed by atoms with van der Waals surface area (Å²) in [6.45, 7) is 5.76. The van der Waals surface area contributed by atoms with E-state index in [1.807, 2.05) is 31.2 Å². The molecule has 1 aliphatic heterocycles. The van der Waals surface area contributed by atoms with Gasteiger partial charge in [-0.2, -0.15) is 0 Å². The minimum absolute atomic E-state index is 0.697. The van der Waals surface area contributed by atoms with Crippen LogP contribution in [0.4, 0.5) is 0 Å². The fraction of sp³-hybridized carbons (Fsp3) is 0.571. The fourth-order valence-corrected chi connectivity index (χ4v) is 2.06. The van der Waals surface area contributed by atoms with E-state index in [1.165, 1.54) is 12.8 Å². The Bertz CT molecular complexity index is 317. The molecular formula is C14H21NO2. The molecule has 1 fully saturated rings. The fourth-order valence-electron chi connectivity index (χ4n) is 2.06. The zero-order chi connectivity index (χ0) is 11.9. The lowest BCUT2D eigenvalue weighted by Gasteiger charge is -2.22. The number of hydrogen-bond donors (Lipinski definition) is 1. The lowest BCUT2D eigenvalue weighted by molar-refractivity contribution is 0.215. The van der Waals surface area contributed by atoms with Crippen LogP contribution in [0.1, 0.15) is 19.8 Å². The van der Waals surface area contributed by atoms with E-state index in [0.29, 0.717) is 12.5 Å². The number of hydrogen-bond acceptors (Lipinski definition) is 3. The van der Waals surface area contributed by atoms with Gasteiger partial charge >= 0.3 is 0 Å². The highest BCUT2D eigenvalue weighted by atomic mass is 16.5. The molecular weight excluding hydrogens is 214 g/mol. The zero-order valence-electron chi connectivity index (χ0n) is 10.4. The van der Waals surface area contributed by atoms with Gasteiger partial charge in [0.15, 0.2) is 0 Å². The first-order chi connectivity index (χ1) is 8.38. The van der Waals surface area contributed by atoms with Crippen LogP contribution in [0.5, 0.6) is 11.5 Å². The summed E-state index contributed by atoms with van der Waals surface area (Å²) in [5.41, 5.74) is 0. The van der Waals surface area contributed by atoms with E-state index in [-0.39, 0.29) is 0 Å². The van der Waals surface area contributed by atoms with Crippen molar-refractivity contribution in [2.45, 2.75) is 19.8 Å². The Balaban J connectivity index is 1.77. The summed E-state index contributed by atoms with van der Waals surface area (Å²) in [5.74, 6) is 2.54. The number of benzene rings is 1. The lowest BCUT2D eigenvalue weighted by atomic mass is 9.99. The maximum atomic E-state index is 5.80. The number of piperidine rings is 1. The van der Waals surface area contributed by atoms with Crippen molar-refractivity contribution in [3.8, 4) is 11.5 Å². The lowest BCUT2D eigenvalue weighted by Crippen LogP contribution is -2.30. The third kappa shape index (κ3) is 3.93. The molecule has 0 aliphatic carbocycles. The van der Waals surface area contributed by atoms with Gasteiger partial charge in [0.25, 0.3) is 0 Å². The van der Waals surface area contributed by atoms with Crippen molar-refractivity contribution in [3.05, 3.63) is 24.3 Å². The first-order valence-electron chi connectivity index (χ1n) is 6.45. The van der Waals surface area contributed by atoms with Gasteiger partial charge in [0.2, 0.25) is 0 Å². The summed E-state index contributed by atoms with van der Waals surface area (Å²) >= 11 is 0. The molecule has 0 spiro atoms. The van der Waals surface area contributed by atoms with Crippen molar-refractivity contribution in [3.63, 3.8) is 0 Å². The van der Waals surface area contributed by atoms with Gasteiger partial charge in [-0.15, -0.1) is 0 Å². The predicted molar refractivity (Wildman–Crippen MR) is 68.7 cm³/mol. The highest BCUT2D eigenvalue weighted by Crippen LogP contribution is 2.19. The van der Waals surface area contributed by atoms with E-state index in [4.69, 9.17) is 9.47 Å². The second kappa shape index (κ2) is 6.50. The van der Waals surface area contributed by atoms with Crippen LogP contribution in [0, 0.1) is 5.92 Å². The minimum Gasteiger partial charge on any atom is -0.494 e. The molecule has 94 valence electrons. The summed E-state index contributed by atoms with van der Waals surface area (Å²) in [4.78, 5) is 0. The molecule has 17 heavy (non-hydrogen) atoms. The van der Waals surface area contributed by atoms with Crippen molar-refractivity contribution >= 4 is 0 Å². The largest absolute Gasteiger partial charge is 0.494 e. The number of ether oxygens (including phenoxy) is 2. The van der Waals surface area contributed by atoms with Gasteiger partial charge in [-0.25, -0.2) is 0 Å². The van der Waals surface area contributed by atoms with Crippen LogP contribution >= 0.6 is 0 Å². The van der Waals surface area contributed by atoms with Gasteiger partial charge in [-0.05, 0) is 63.0 Å². The van der Waals surface area contributed by atoms with Crippen LogP contribution in [-0.4, -0.2) is 26.3 Å². The first-order valence-corrected chi connectivity index (χ1v) is 6.45. The van der Waals surface area contributed by atoms with E-state index in [1.54, 1.807) is 0 Å². The average molecular weight is 235 g/mol. The molecule has 0 radical (unpaired) electrons. The highest BCUT2D eigenvalue weighted by molar-refractivity contribution is 5.31. The SMILES string of the molecule is CCOc1ccc(OCC2CCNCC2)cc1. The molecule has 1 aromatic carbocycles. The quantitative estimate of drug-likeness (QED) is 0.850. The third-order valence-corrected chi connectivity index (χ3v) is 3.08. The van der Waals surface area contributed by atoms with E-state index in [0.717, 1.165) is 31.2 Å². The molecule has 0 atom stereocenters. The zero-order valence-corrected chi connectivity index (χ0v) is 10.4. The maximum absolute atomic E-state index is 5.80. The van der Waals surface area contributed by atoms with Crippen LogP contribution < -0.4 is 14.8 Å². The molecule has 3 heteroatoms. The molecule has 1 saturated heterocycles. The van der Waals surface area contributed by atoms with Crippen molar-refractivity contribution < 1.29 is 9.47 Å². The molecule has 2 rings (SSSR count). The summed E-state index contributed by atoms with van der Waals surface area (Å²) in [5, 5.41) is 3.36. The first kappa shape index (κ1) is 12.2. The highest BCUT2D eigenvalue weighted by Gasteiger charge is 2.13. The van der Waals surface area contributed by atoms with E-state index < -0.39 is 0 Å². The molecule has 1 N–H and O–H groups in total. The standard InChI is InChI=1S/C14H21NO2/c1-2-16-13-3-5-14(6-4-13)17-11-12-7-9-15-10-8-12/h3-6,12,15H,2,7-11H2,1H3. The Morgan fingerprint density at radius 3 is 2.24 bits per heavy atom. The summed E-state index contributed by atoms with van der Waals surface area (Å²) in [6.07, 6.45) is 2.44. The van der Waals surface area contributed by atoms with Crippen molar-refractivity contribution in [1.82, 2.24) is 5.32 Å². The van der Waals surface area contributed by atoms with Gasteiger partial charge < -0.3 is 14.8 Å². The molecule has 1 aliphatic rings. The predicted octanol–water partition coefficient (Wildman–Crippen LogP) is 2.46. The smallest absolute Gasteiger partial charge is 0.119 e. The van der Waals surface area contributed by atoms with Gasteiger partial charge in [-0.1, -0.05) is 0 Å². The number of rotatable bonds is 5. The average Bonchev–Trinajstić information content (AvgIpc) is 2.40. The number of nitrogens with one attached hydrogen (secondary N) is 1. The van der Waals surface area contributed by atoms with Crippen molar-refractivity contribution in [2.75, 3.05) is 26.3 Å². The van der Waals surface area contributed by atoms with E-state index in [9.17, 15) is 0 Å². The topological polar surface area (TPSA) is 30.5 Å². The molecule has 3 nitrogen and oxygen atoms in total. The van der Waals surface area contributed by atoms with Crippen LogP contribution in [0.25, 0.3) is 0 Å². The second-order valence-corrected chi connectivity index (χ2v) is 4.41. The Hall–Kier alpha value is -1.22. The van der Waals surface area contributed by atoms with Gasteiger partial charge in [0.05, 0.1) is 13.2 Å². The molecule has 0 aromatic heterocycles. The van der Waals surface area contributed by atoms with E-state index in [2.05, 4.69) is 5.32 Å². The minimum atomic E-state index is 0.697. The third-order valence-electron chi connectivity index (χ3n) is 3.08. The van der Waals surface area contributed by atoms with Crippen LogP contribution in [-0.2, 0) is 0 Å². The summed E-state index contributed by atoms with van der Waals surface area (Å²) in [7, 11) is 0. The van der Waals surface area contributed by atoms with E-state index >= 15 is 0 Å². The van der Waals surface area contributed by atoms with Crippen LogP contribution in [0.15, 0.2) is 24.3 Å². The Morgan fingerprint density at radius 2 is 1.65 bits per heavy atom. The second-order valence-electron chi connectivity index (χ2n) is 4.41. The Labute approximate surface area is 103 Å².